The lowest BCUT2D eigenvalue weighted by molar-refractivity contribution is -0.154. The number of methoxy groups -OCH3 is 2. The summed E-state index contributed by atoms with van der Waals surface area (Å²) in [5.74, 6) is -1.86. The molecule has 0 aliphatic heterocycles. The second kappa shape index (κ2) is 7.03. The van der Waals surface area contributed by atoms with Gasteiger partial charge in [0.25, 0.3) is 0 Å². The van der Waals surface area contributed by atoms with Crippen LogP contribution in [0, 0.1) is 5.41 Å². The summed E-state index contributed by atoms with van der Waals surface area (Å²) in [4.78, 5) is 35.7. The zero-order valence-electron chi connectivity index (χ0n) is 11.4. The number of amides is 1. The normalized spacial score (nSPS) is 10.5. The lowest BCUT2D eigenvalue weighted by Gasteiger charge is -2.29. The van der Waals surface area contributed by atoms with Gasteiger partial charge in [-0.05, 0) is 13.8 Å². The lowest BCUT2D eigenvalue weighted by Crippen LogP contribution is -2.50. The topological polar surface area (TPSA) is 98.9 Å². The minimum atomic E-state index is -1.17. The summed E-state index contributed by atoms with van der Waals surface area (Å²) in [5, 5.41) is 0. The van der Waals surface area contributed by atoms with Gasteiger partial charge in [-0.25, -0.2) is 0 Å². The van der Waals surface area contributed by atoms with Crippen LogP contribution in [0.15, 0.2) is 0 Å². The number of ether oxygens (including phenoxy) is 2. The number of hydrogen-bond donors (Lipinski definition) is 1. The average molecular weight is 290 g/mol. The van der Waals surface area contributed by atoms with Crippen molar-refractivity contribution in [1.82, 2.24) is 4.90 Å². The van der Waals surface area contributed by atoms with E-state index in [-0.39, 0.29) is 18.1 Å². The molecule has 0 atom stereocenters. The minimum absolute atomic E-state index is 0.0303. The molecule has 0 unspecified atom stereocenters. The fraction of sp³-hybridized carbons (Fsp3) is 0.636. The van der Waals surface area contributed by atoms with Crippen molar-refractivity contribution < 1.29 is 23.9 Å². The van der Waals surface area contributed by atoms with E-state index < -0.39 is 23.3 Å². The number of nitrogens with two attached hydrogens (primary N) is 1. The van der Waals surface area contributed by atoms with E-state index >= 15 is 0 Å². The molecule has 0 radical (unpaired) electrons. The molecule has 1 amide bonds. The number of hydrogen-bond acceptors (Lipinski definition) is 6. The van der Waals surface area contributed by atoms with E-state index in [2.05, 4.69) is 9.47 Å². The molecule has 19 heavy (non-hydrogen) atoms. The third-order valence-electron chi connectivity index (χ3n) is 2.53. The maximum atomic E-state index is 12.3. The van der Waals surface area contributed by atoms with Crippen LogP contribution in [0.4, 0.5) is 0 Å². The van der Waals surface area contributed by atoms with Crippen LogP contribution in [0.5, 0.6) is 0 Å². The first-order valence-electron chi connectivity index (χ1n) is 5.39. The maximum absolute atomic E-state index is 12.3. The highest BCUT2D eigenvalue weighted by atomic mass is 32.1. The van der Waals surface area contributed by atoms with Crippen LogP contribution >= 0.6 is 12.2 Å². The molecule has 0 spiro atoms. The largest absolute Gasteiger partial charge is 0.468 e. The van der Waals surface area contributed by atoms with Gasteiger partial charge < -0.3 is 20.1 Å². The van der Waals surface area contributed by atoms with Crippen LogP contribution in [0.3, 0.4) is 0 Å². The highest BCUT2D eigenvalue weighted by molar-refractivity contribution is 7.80. The van der Waals surface area contributed by atoms with Crippen LogP contribution in [0.25, 0.3) is 0 Å². The smallest absolute Gasteiger partial charge is 0.325 e. The number of rotatable bonds is 6. The summed E-state index contributed by atoms with van der Waals surface area (Å²) in [6.45, 7) is 2.27. The second-order valence-corrected chi connectivity index (χ2v) is 4.74. The summed E-state index contributed by atoms with van der Waals surface area (Å²) in [6, 6.07) is 0. The molecule has 0 aliphatic carbocycles. The van der Waals surface area contributed by atoms with E-state index in [0.29, 0.717) is 0 Å². The van der Waals surface area contributed by atoms with E-state index in [9.17, 15) is 14.4 Å². The summed E-state index contributed by atoms with van der Waals surface area (Å²) in [5.41, 5.74) is 4.32. The molecular weight excluding hydrogens is 272 g/mol. The monoisotopic (exact) mass is 290 g/mol. The minimum Gasteiger partial charge on any atom is -0.468 e. The van der Waals surface area contributed by atoms with Gasteiger partial charge in [0.1, 0.15) is 13.1 Å². The molecule has 0 aliphatic rings. The van der Waals surface area contributed by atoms with Gasteiger partial charge >= 0.3 is 11.9 Å². The molecule has 8 heteroatoms. The summed E-state index contributed by atoms with van der Waals surface area (Å²) < 4.78 is 8.94. The molecular formula is C11H18N2O5S. The number of nitrogens with zero attached hydrogens (tertiary/aromatic N) is 1. The van der Waals surface area contributed by atoms with E-state index in [1.54, 1.807) is 0 Å². The van der Waals surface area contributed by atoms with Gasteiger partial charge in [-0.15, -0.1) is 0 Å². The zero-order chi connectivity index (χ0) is 15.2. The number of thiocarbonyl (C=S) groups is 1. The molecule has 0 aromatic carbocycles. The van der Waals surface area contributed by atoms with Gasteiger partial charge in [-0.1, -0.05) is 12.2 Å². The Hall–Kier alpha value is -1.70. The highest BCUT2D eigenvalue weighted by Crippen LogP contribution is 2.19. The fourth-order valence-electron chi connectivity index (χ4n) is 1.14. The molecule has 0 saturated carbocycles. The van der Waals surface area contributed by atoms with Crippen molar-refractivity contribution in [2.45, 2.75) is 13.8 Å². The predicted molar refractivity (Wildman–Crippen MR) is 71.2 cm³/mol. The van der Waals surface area contributed by atoms with Crippen molar-refractivity contribution in [2.75, 3.05) is 27.3 Å². The van der Waals surface area contributed by atoms with Crippen LogP contribution in [0.2, 0.25) is 0 Å². The Kier molecular flexibility index (Phi) is 6.40. The molecule has 0 bridgehead atoms. The SMILES string of the molecule is COC(=O)CN(CC(=O)OC)C(=O)C(C)(C)C(N)=S. The van der Waals surface area contributed by atoms with Crippen molar-refractivity contribution >= 4 is 35.1 Å². The Bertz CT molecular complexity index is 377. The van der Waals surface area contributed by atoms with Gasteiger partial charge in [0.15, 0.2) is 0 Å². The van der Waals surface area contributed by atoms with Crippen molar-refractivity contribution in [3.8, 4) is 0 Å². The number of esters is 2. The van der Waals surface area contributed by atoms with Gasteiger partial charge in [0.05, 0.1) is 24.6 Å². The Balaban J connectivity index is 5.12. The first kappa shape index (κ1) is 17.3. The molecule has 0 fully saturated rings. The van der Waals surface area contributed by atoms with Crippen LogP contribution in [0.1, 0.15) is 13.8 Å². The van der Waals surface area contributed by atoms with E-state index in [0.717, 1.165) is 4.90 Å². The van der Waals surface area contributed by atoms with Gasteiger partial charge in [-0.2, -0.15) is 0 Å². The maximum Gasteiger partial charge on any atom is 0.325 e. The molecule has 108 valence electrons. The molecule has 0 aromatic rings. The van der Waals surface area contributed by atoms with Crippen molar-refractivity contribution in [3.63, 3.8) is 0 Å². The van der Waals surface area contributed by atoms with Crippen LogP contribution in [-0.4, -0.2) is 55.0 Å². The van der Waals surface area contributed by atoms with Gasteiger partial charge in [0, 0.05) is 0 Å². The summed E-state index contributed by atoms with van der Waals surface area (Å²) >= 11 is 4.81. The quantitative estimate of drug-likeness (QED) is 0.518. The Morgan fingerprint density at radius 3 is 1.74 bits per heavy atom. The van der Waals surface area contributed by atoms with E-state index in [1.165, 1.54) is 28.1 Å². The third-order valence-corrected chi connectivity index (χ3v) is 3.04. The predicted octanol–water partition coefficient (Wildman–Crippen LogP) is -0.527. The number of carbonyl (C=O) groups is 3. The first-order valence-corrected chi connectivity index (χ1v) is 5.80. The summed E-state index contributed by atoms with van der Waals surface area (Å²) in [7, 11) is 2.36. The summed E-state index contributed by atoms with van der Waals surface area (Å²) in [6.07, 6.45) is 0. The van der Waals surface area contributed by atoms with Crippen LogP contribution in [-0.2, 0) is 23.9 Å². The number of carbonyl (C=O) groups excluding carboxylic acids is 3. The molecule has 0 rings (SSSR count). The molecule has 0 aromatic heterocycles. The fourth-order valence-corrected chi connectivity index (χ4v) is 1.23. The average Bonchev–Trinajstić information content (AvgIpc) is 2.36. The second-order valence-electron chi connectivity index (χ2n) is 4.30. The Labute approximate surface area is 117 Å². The Morgan fingerprint density at radius 1 is 1.11 bits per heavy atom. The third kappa shape index (κ3) is 4.82. The zero-order valence-corrected chi connectivity index (χ0v) is 12.2. The van der Waals surface area contributed by atoms with E-state index in [4.69, 9.17) is 18.0 Å². The standard InChI is InChI=1S/C11H18N2O5S/c1-11(2,9(12)19)10(16)13(5-7(14)17-3)6-8(15)18-4/h5-6H2,1-4H3,(H2,12,19). The molecule has 2 N–H and O–H groups in total. The van der Waals surface area contributed by atoms with Crippen molar-refractivity contribution in [3.05, 3.63) is 0 Å². The van der Waals surface area contributed by atoms with E-state index in [1.807, 2.05) is 0 Å². The molecule has 7 nitrogen and oxygen atoms in total. The van der Waals surface area contributed by atoms with Crippen molar-refractivity contribution in [2.24, 2.45) is 11.1 Å². The lowest BCUT2D eigenvalue weighted by atomic mass is 9.91. The van der Waals surface area contributed by atoms with Crippen LogP contribution < -0.4 is 5.73 Å². The molecule has 0 heterocycles. The molecule has 0 saturated heterocycles. The Morgan fingerprint density at radius 2 is 1.47 bits per heavy atom. The first-order chi connectivity index (χ1) is 8.66. The van der Waals surface area contributed by atoms with Crippen molar-refractivity contribution in [1.29, 1.82) is 0 Å². The van der Waals surface area contributed by atoms with Gasteiger partial charge in [0.2, 0.25) is 5.91 Å². The highest BCUT2D eigenvalue weighted by Gasteiger charge is 2.36. The van der Waals surface area contributed by atoms with Gasteiger partial charge in [-0.3, -0.25) is 14.4 Å².